The number of hydrogen-bond acceptors (Lipinski definition) is 2. The SMILES string of the molecule is O=C(Nc1ccc(Oc2ccccc2C(F)(F)F)cc1)c1c(F)cc(F)cc1F. The molecule has 3 aromatic rings. The minimum absolute atomic E-state index is 0.0406. The van der Waals surface area contributed by atoms with E-state index in [1.165, 1.54) is 36.4 Å². The fourth-order valence-electron chi connectivity index (χ4n) is 2.48. The summed E-state index contributed by atoms with van der Waals surface area (Å²) in [6.45, 7) is 0. The van der Waals surface area contributed by atoms with Gasteiger partial charge in [-0.1, -0.05) is 12.1 Å². The lowest BCUT2D eigenvalue weighted by Gasteiger charge is -2.14. The lowest BCUT2D eigenvalue weighted by atomic mass is 10.1. The van der Waals surface area contributed by atoms with E-state index in [1.807, 2.05) is 0 Å². The molecule has 0 heterocycles. The van der Waals surface area contributed by atoms with Crippen molar-refractivity contribution in [3.8, 4) is 11.5 Å². The van der Waals surface area contributed by atoms with Gasteiger partial charge in [0.1, 0.15) is 34.5 Å². The van der Waals surface area contributed by atoms with Gasteiger partial charge in [-0.2, -0.15) is 13.2 Å². The summed E-state index contributed by atoms with van der Waals surface area (Å²) in [6, 6.07) is 10.4. The molecule has 3 rings (SSSR count). The molecule has 3 aromatic carbocycles. The van der Waals surface area contributed by atoms with Crippen LogP contribution in [-0.4, -0.2) is 5.91 Å². The van der Waals surface area contributed by atoms with Crippen LogP contribution >= 0.6 is 0 Å². The Bertz CT molecular complexity index is 1020. The van der Waals surface area contributed by atoms with E-state index in [4.69, 9.17) is 4.74 Å². The van der Waals surface area contributed by atoms with Crippen molar-refractivity contribution in [2.45, 2.75) is 6.18 Å². The van der Waals surface area contributed by atoms with E-state index in [2.05, 4.69) is 5.32 Å². The number of anilines is 1. The Labute approximate surface area is 160 Å². The van der Waals surface area contributed by atoms with Crippen LogP contribution in [0.5, 0.6) is 11.5 Å². The fourth-order valence-corrected chi connectivity index (χ4v) is 2.48. The highest BCUT2D eigenvalue weighted by Gasteiger charge is 2.34. The first-order valence-electron chi connectivity index (χ1n) is 8.05. The predicted octanol–water partition coefficient (Wildman–Crippen LogP) is 6.17. The summed E-state index contributed by atoms with van der Waals surface area (Å²) in [5, 5.41) is 2.21. The molecule has 0 radical (unpaired) electrons. The number of amides is 1. The summed E-state index contributed by atoms with van der Waals surface area (Å²) in [4.78, 5) is 12.0. The van der Waals surface area contributed by atoms with Crippen molar-refractivity contribution >= 4 is 11.6 Å². The van der Waals surface area contributed by atoms with Gasteiger partial charge in [-0.15, -0.1) is 0 Å². The van der Waals surface area contributed by atoms with Crippen LogP contribution in [0.25, 0.3) is 0 Å². The largest absolute Gasteiger partial charge is 0.457 e. The van der Waals surface area contributed by atoms with Gasteiger partial charge in [-0.25, -0.2) is 13.2 Å². The maximum Gasteiger partial charge on any atom is 0.419 e. The van der Waals surface area contributed by atoms with Crippen molar-refractivity contribution in [3.63, 3.8) is 0 Å². The molecular formula is C20H11F6NO2. The molecule has 0 spiro atoms. The number of rotatable bonds is 4. The molecule has 0 aliphatic rings. The molecule has 3 nitrogen and oxygen atoms in total. The molecule has 0 bridgehead atoms. The van der Waals surface area contributed by atoms with Gasteiger partial charge in [0.25, 0.3) is 5.91 Å². The van der Waals surface area contributed by atoms with E-state index < -0.39 is 46.4 Å². The predicted molar refractivity (Wildman–Crippen MR) is 92.2 cm³/mol. The quantitative estimate of drug-likeness (QED) is 0.522. The van der Waals surface area contributed by atoms with Crippen LogP contribution in [0, 0.1) is 17.5 Å². The third-order valence-electron chi connectivity index (χ3n) is 3.77. The summed E-state index contributed by atoms with van der Waals surface area (Å²) >= 11 is 0. The van der Waals surface area contributed by atoms with E-state index in [0.29, 0.717) is 12.1 Å². The molecule has 0 saturated carbocycles. The average Bonchev–Trinajstić information content (AvgIpc) is 2.62. The van der Waals surface area contributed by atoms with Gasteiger partial charge < -0.3 is 10.1 Å². The van der Waals surface area contributed by atoms with Gasteiger partial charge >= 0.3 is 6.18 Å². The molecule has 0 fully saturated rings. The van der Waals surface area contributed by atoms with Gasteiger partial charge in [0.2, 0.25) is 0 Å². The van der Waals surface area contributed by atoms with Crippen LogP contribution in [0.1, 0.15) is 15.9 Å². The van der Waals surface area contributed by atoms with Crippen LogP contribution in [-0.2, 0) is 6.18 Å². The maximum absolute atomic E-state index is 13.7. The fraction of sp³-hybridized carbons (Fsp3) is 0.0500. The van der Waals surface area contributed by atoms with Crippen molar-refractivity contribution < 1.29 is 35.9 Å². The Kier molecular flexibility index (Phi) is 5.49. The standard InChI is InChI=1S/C20H11F6NO2/c21-11-9-15(22)18(16(23)10-11)19(28)27-12-5-7-13(8-6-12)29-17-4-2-1-3-14(17)20(24,25)26/h1-10H,(H,27,28). The van der Waals surface area contributed by atoms with Crippen molar-refractivity contribution in [1.82, 2.24) is 0 Å². The van der Waals surface area contributed by atoms with E-state index in [-0.39, 0.29) is 11.4 Å². The molecule has 0 aromatic heterocycles. The number of halogens is 6. The van der Waals surface area contributed by atoms with Crippen LogP contribution in [0.3, 0.4) is 0 Å². The number of carbonyl (C=O) groups is 1. The smallest absolute Gasteiger partial charge is 0.419 e. The number of alkyl halides is 3. The Balaban J connectivity index is 1.76. The molecule has 0 saturated heterocycles. The van der Waals surface area contributed by atoms with Gasteiger partial charge in [0.15, 0.2) is 0 Å². The molecule has 0 atom stereocenters. The number of carbonyl (C=O) groups excluding carboxylic acids is 1. The topological polar surface area (TPSA) is 38.3 Å². The minimum atomic E-state index is -4.60. The number of benzene rings is 3. The third kappa shape index (κ3) is 4.68. The van der Waals surface area contributed by atoms with Gasteiger partial charge in [0.05, 0.1) is 5.56 Å². The molecule has 0 aliphatic heterocycles. The van der Waals surface area contributed by atoms with Crippen molar-refractivity contribution in [2.24, 2.45) is 0 Å². The lowest BCUT2D eigenvalue weighted by Crippen LogP contribution is -2.16. The monoisotopic (exact) mass is 411 g/mol. The molecule has 1 amide bonds. The van der Waals surface area contributed by atoms with Crippen LogP contribution in [0.2, 0.25) is 0 Å². The van der Waals surface area contributed by atoms with Crippen molar-refractivity contribution in [2.75, 3.05) is 5.32 Å². The maximum atomic E-state index is 13.7. The van der Waals surface area contributed by atoms with Gasteiger partial charge in [-0.3, -0.25) is 4.79 Å². The van der Waals surface area contributed by atoms with E-state index in [1.54, 1.807) is 0 Å². The van der Waals surface area contributed by atoms with Crippen LogP contribution in [0.15, 0.2) is 60.7 Å². The Morgan fingerprint density at radius 2 is 1.45 bits per heavy atom. The summed E-state index contributed by atoms with van der Waals surface area (Å²) in [5.74, 6) is -5.44. The van der Waals surface area contributed by atoms with Crippen molar-refractivity contribution in [1.29, 1.82) is 0 Å². The van der Waals surface area contributed by atoms with Gasteiger partial charge in [-0.05, 0) is 36.4 Å². The zero-order valence-corrected chi connectivity index (χ0v) is 14.4. The summed E-state index contributed by atoms with van der Waals surface area (Å²) in [6.07, 6.45) is -4.60. The lowest BCUT2D eigenvalue weighted by molar-refractivity contribution is -0.138. The summed E-state index contributed by atoms with van der Waals surface area (Å²) < 4.78 is 84.5. The van der Waals surface area contributed by atoms with E-state index >= 15 is 0 Å². The number of nitrogens with one attached hydrogen (secondary N) is 1. The van der Waals surface area contributed by atoms with E-state index in [0.717, 1.165) is 12.1 Å². The highest BCUT2D eigenvalue weighted by Crippen LogP contribution is 2.38. The second-order valence-electron chi connectivity index (χ2n) is 5.82. The van der Waals surface area contributed by atoms with Crippen LogP contribution < -0.4 is 10.1 Å². The summed E-state index contributed by atoms with van der Waals surface area (Å²) in [5.41, 5.74) is -1.83. The Morgan fingerprint density at radius 1 is 0.862 bits per heavy atom. The number of para-hydroxylation sites is 1. The average molecular weight is 411 g/mol. The normalized spacial score (nSPS) is 11.2. The molecule has 29 heavy (non-hydrogen) atoms. The Morgan fingerprint density at radius 3 is 2.03 bits per heavy atom. The minimum Gasteiger partial charge on any atom is -0.457 e. The van der Waals surface area contributed by atoms with Crippen molar-refractivity contribution in [3.05, 3.63) is 89.2 Å². The first kappa shape index (κ1) is 20.2. The zero-order chi connectivity index (χ0) is 21.2. The van der Waals surface area contributed by atoms with Crippen LogP contribution in [0.4, 0.5) is 32.0 Å². The molecule has 0 aliphatic carbocycles. The first-order chi connectivity index (χ1) is 13.6. The molecule has 1 N–H and O–H groups in total. The number of ether oxygens (including phenoxy) is 1. The highest BCUT2D eigenvalue weighted by molar-refractivity contribution is 6.04. The second-order valence-corrected chi connectivity index (χ2v) is 5.82. The Hall–Kier alpha value is -3.49. The zero-order valence-electron chi connectivity index (χ0n) is 14.4. The van der Waals surface area contributed by atoms with E-state index in [9.17, 15) is 31.1 Å². The number of hydrogen-bond donors (Lipinski definition) is 1. The first-order valence-corrected chi connectivity index (χ1v) is 8.05. The second kappa shape index (κ2) is 7.86. The molecular weight excluding hydrogens is 400 g/mol. The summed E-state index contributed by atoms with van der Waals surface area (Å²) in [7, 11) is 0. The molecule has 0 unspecified atom stereocenters. The molecule has 150 valence electrons. The highest BCUT2D eigenvalue weighted by atomic mass is 19.4. The molecule has 9 heteroatoms. The third-order valence-corrected chi connectivity index (χ3v) is 3.77. The van der Waals surface area contributed by atoms with Gasteiger partial charge in [0, 0.05) is 17.8 Å².